The Labute approximate surface area is 158 Å². The second-order valence-corrected chi connectivity index (χ2v) is 6.63. The van der Waals surface area contributed by atoms with Crippen molar-refractivity contribution >= 4 is 34.1 Å². The van der Waals surface area contributed by atoms with Crippen LogP contribution < -0.4 is 10.1 Å². The maximum atomic E-state index is 13.1. The minimum atomic E-state index is -0.189. The summed E-state index contributed by atoms with van der Waals surface area (Å²) in [6.07, 6.45) is 0.853. The molecule has 0 saturated carbocycles. The number of para-hydroxylation sites is 1. The van der Waals surface area contributed by atoms with Crippen LogP contribution in [-0.2, 0) is 0 Å². The molecule has 2 heterocycles. The van der Waals surface area contributed by atoms with E-state index >= 15 is 0 Å². The third-order valence-electron chi connectivity index (χ3n) is 4.16. The van der Waals surface area contributed by atoms with Crippen LogP contribution in [0.1, 0.15) is 23.8 Å². The van der Waals surface area contributed by atoms with Gasteiger partial charge in [0.05, 0.1) is 12.6 Å². The first-order valence-electron chi connectivity index (χ1n) is 8.46. The summed E-state index contributed by atoms with van der Waals surface area (Å²) in [7, 11) is 1.59. The summed E-state index contributed by atoms with van der Waals surface area (Å²) in [5, 5.41) is 7.97. The topological polar surface area (TPSA) is 57.7 Å². The second-order valence-electron chi connectivity index (χ2n) is 6.25. The molecule has 0 bridgehead atoms. The predicted molar refractivity (Wildman–Crippen MR) is 106 cm³/mol. The number of aromatic nitrogens is 1. The number of benzene rings is 1. The molecule has 1 aromatic heterocycles. The number of hydrazine groups is 1. The van der Waals surface area contributed by atoms with Crippen LogP contribution in [-0.4, -0.2) is 52.8 Å². The van der Waals surface area contributed by atoms with Crippen LogP contribution >= 0.6 is 12.2 Å². The smallest absolute Gasteiger partial charge is 0.291 e. The van der Waals surface area contributed by atoms with Gasteiger partial charge in [0, 0.05) is 31.1 Å². The highest BCUT2D eigenvalue weighted by Gasteiger charge is 2.30. The molecule has 1 aliphatic rings. The highest BCUT2D eigenvalue weighted by molar-refractivity contribution is 7.80. The van der Waals surface area contributed by atoms with Gasteiger partial charge in [0.15, 0.2) is 5.11 Å². The largest absolute Gasteiger partial charge is 0.496 e. The van der Waals surface area contributed by atoms with E-state index in [-0.39, 0.29) is 5.91 Å². The summed E-state index contributed by atoms with van der Waals surface area (Å²) in [6, 6.07) is 9.29. The first kappa shape index (κ1) is 18.1. The van der Waals surface area contributed by atoms with Gasteiger partial charge in [0.25, 0.3) is 5.91 Å². The average Bonchev–Trinajstić information content (AvgIpc) is 3.14. The van der Waals surface area contributed by atoms with E-state index in [4.69, 9.17) is 17.0 Å². The van der Waals surface area contributed by atoms with Gasteiger partial charge in [0.1, 0.15) is 11.4 Å². The maximum Gasteiger partial charge on any atom is 0.291 e. The fourth-order valence-corrected chi connectivity index (χ4v) is 3.17. The lowest BCUT2D eigenvalue weighted by Crippen LogP contribution is -2.49. The summed E-state index contributed by atoms with van der Waals surface area (Å²) in [5.74, 6) is 0.443. The molecule has 6 nitrogen and oxygen atoms in total. The van der Waals surface area contributed by atoms with Crippen molar-refractivity contribution in [2.45, 2.75) is 13.3 Å². The first-order valence-corrected chi connectivity index (χ1v) is 8.87. The number of amides is 1. The maximum absolute atomic E-state index is 13.1. The number of thiocarbonyl (C=S) groups is 1. The van der Waals surface area contributed by atoms with Gasteiger partial charge in [-0.2, -0.15) is 0 Å². The molecule has 1 N–H and O–H groups in total. The number of pyridine rings is 1. The molecule has 1 aromatic carbocycles. The zero-order valence-corrected chi connectivity index (χ0v) is 15.8. The predicted octanol–water partition coefficient (Wildman–Crippen LogP) is 2.76. The molecular formula is C19H22N4O2S. The Kier molecular flexibility index (Phi) is 5.37. The number of fused-ring (bicyclic) bond motifs is 1. The molecule has 0 atom stereocenters. The molecule has 136 valence electrons. The van der Waals surface area contributed by atoms with Crippen LogP contribution in [0.15, 0.2) is 42.5 Å². The normalized spacial score (nSPS) is 13.8. The van der Waals surface area contributed by atoms with E-state index in [2.05, 4.69) is 16.9 Å². The molecule has 1 amide bonds. The summed E-state index contributed by atoms with van der Waals surface area (Å²) in [4.78, 5) is 17.6. The quantitative estimate of drug-likeness (QED) is 0.660. The van der Waals surface area contributed by atoms with Crippen molar-refractivity contribution in [2.75, 3.05) is 26.7 Å². The lowest BCUT2D eigenvalue weighted by Gasteiger charge is -2.30. The Morgan fingerprint density at radius 1 is 1.35 bits per heavy atom. The van der Waals surface area contributed by atoms with Crippen LogP contribution in [0.3, 0.4) is 0 Å². The second kappa shape index (κ2) is 7.70. The van der Waals surface area contributed by atoms with Gasteiger partial charge in [-0.3, -0.25) is 9.80 Å². The van der Waals surface area contributed by atoms with E-state index in [1.807, 2.05) is 31.2 Å². The van der Waals surface area contributed by atoms with E-state index in [0.29, 0.717) is 36.2 Å². The fourth-order valence-electron chi connectivity index (χ4n) is 2.91. The zero-order chi connectivity index (χ0) is 18.7. The standard InChI is InChI=1S/C19H22N4O2S/c1-13(2)12-20-19(26)23-10-6-9-22(23)18(24)16-11-17(25-3)14-7-4-5-8-15(14)21-16/h4-5,7-8,11H,1,6,9-10,12H2,2-3H3,(H,20,26). The minimum absolute atomic E-state index is 0.189. The van der Waals surface area contributed by atoms with Crippen LogP contribution in [0.2, 0.25) is 0 Å². The van der Waals surface area contributed by atoms with Crippen molar-refractivity contribution in [3.05, 3.63) is 48.2 Å². The van der Waals surface area contributed by atoms with Crippen LogP contribution in [0.4, 0.5) is 0 Å². The summed E-state index contributed by atoms with van der Waals surface area (Å²) < 4.78 is 5.45. The van der Waals surface area contributed by atoms with Crippen molar-refractivity contribution < 1.29 is 9.53 Å². The molecule has 26 heavy (non-hydrogen) atoms. The van der Waals surface area contributed by atoms with Gasteiger partial charge >= 0.3 is 0 Å². The highest BCUT2D eigenvalue weighted by atomic mass is 32.1. The number of nitrogens with zero attached hydrogens (tertiary/aromatic N) is 3. The van der Waals surface area contributed by atoms with E-state index in [1.54, 1.807) is 23.2 Å². The summed E-state index contributed by atoms with van der Waals surface area (Å²) in [6.45, 7) is 7.66. The molecule has 0 aliphatic carbocycles. The third-order valence-corrected chi connectivity index (χ3v) is 4.51. The Morgan fingerprint density at radius 2 is 2.08 bits per heavy atom. The molecule has 1 fully saturated rings. The SMILES string of the molecule is C=C(C)CNC(=S)N1CCCN1C(=O)c1cc(OC)c2ccccc2n1. The van der Waals surface area contributed by atoms with Crippen molar-refractivity contribution in [3.8, 4) is 5.75 Å². The third kappa shape index (κ3) is 3.62. The Hall–Kier alpha value is -2.67. The van der Waals surface area contributed by atoms with Crippen LogP contribution in [0, 0.1) is 0 Å². The van der Waals surface area contributed by atoms with Crippen molar-refractivity contribution in [1.29, 1.82) is 0 Å². The average molecular weight is 370 g/mol. The van der Waals surface area contributed by atoms with Gasteiger partial charge in [-0.1, -0.05) is 24.3 Å². The summed E-state index contributed by atoms with van der Waals surface area (Å²) in [5.41, 5.74) is 2.05. The number of nitrogens with one attached hydrogen (secondary N) is 1. The zero-order valence-electron chi connectivity index (χ0n) is 15.0. The van der Waals surface area contributed by atoms with Crippen molar-refractivity contribution in [2.24, 2.45) is 0 Å². The minimum Gasteiger partial charge on any atom is -0.496 e. The van der Waals surface area contributed by atoms with Gasteiger partial charge in [-0.05, 0) is 37.7 Å². The molecule has 3 rings (SSSR count). The Balaban J connectivity index is 1.87. The molecule has 1 saturated heterocycles. The number of hydrogen-bond donors (Lipinski definition) is 1. The number of carbonyl (C=O) groups excluding carboxylic acids is 1. The lowest BCUT2D eigenvalue weighted by atomic mass is 10.1. The molecular weight excluding hydrogens is 348 g/mol. The summed E-state index contributed by atoms with van der Waals surface area (Å²) >= 11 is 5.44. The van der Waals surface area contributed by atoms with E-state index < -0.39 is 0 Å². The fraction of sp³-hybridized carbons (Fsp3) is 0.316. The van der Waals surface area contributed by atoms with Gasteiger partial charge < -0.3 is 10.1 Å². The van der Waals surface area contributed by atoms with E-state index in [1.165, 1.54) is 0 Å². The van der Waals surface area contributed by atoms with Crippen molar-refractivity contribution in [3.63, 3.8) is 0 Å². The number of carbonyl (C=O) groups is 1. The van der Waals surface area contributed by atoms with E-state index in [9.17, 15) is 4.79 Å². The van der Waals surface area contributed by atoms with Gasteiger partial charge in [-0.15, -0.1) is 0 Å². The molecule has 1 aliphatic heterocycles. The monoisotopic (exact) mass is 370 g/mol. The van der Waals surface area contributed by atoms with Gasteiger partial charge in [-0.25, -0.2) is 9.99 Å². The first-order chi connectivity index (χ1) is 12.5. The van der Waals surface area contributed by atoms with E-state index in [0.717, 1.165) is 22.9 Å². The lowest BCUT2D eigenvalue weighted by molar-refractivity contribution is 0.0486. The van der Waals surface area contributed by atoms with Crippen LogP contribution in [0.5, 0.6) is 5.75 Å². The molecule has 0 radical (unpaired) electrons. The Morgan fingerprint density at radius 3 is 2.81 bits per heavy atom. The molecule has 7 heteroatoms. The molecule has 0 spiro atoms. The Bertz CT molecular complexity index is 868. The highest BCUT2D eigenvalue weighted by Crippen LogP contribution is 2.26. The number of methoxy groups -OCH3 is 1. The molecule has 2 aromatic rings. The van der Waals surface area contributed by atoms with Crippen LogP contribution in [0.25, 0.3) is 10.9 Å². The number of ether oxygens (including phenoxy) is 1. The molecule has 0 unspecified atom stereocenters. The number of rotatable bonds is 4. The van der Waals surface area contributed by atoms with Gasteiger partial charge in [0.2, 0.25) is 0 Å². The van der Waals surface area contributed by atoms with Crippen molar-refractivity contribution in [1.82, 2.24) is 20.3 Å². The number of hydrogen-bond acceptors (Lipinski definition) is 4.